The molecule has 0 radical (unpaired) electrons. The molecular weight excluding hydrogens is 336 g/mol. The van der Waals surface area contributed by atoms with Crippen LogP contribution in [0.15, 0.2) is 0 Å². The molecule has 4 aliphatic rings. The third-order valence-corrected chi connectivity index (χ3v) is 8.71. The molecule has 0 aromatic heterocycles. The molecule has 0 aromatic carbocycles. The summed E-state index contributed by atoms with van der Waals surface area (Å²) in [6, 6.07) is 0. The largest absolute Gasteiger partial charge is 0.381 e. The highest BCUT2D eigenvalue weighted by Gasteiger charge is 2.45. The highest BCUT2D eigenvalue weighted by Crippen LogP contribution is 2.43. The zero-order valence-electron chi connectivity index (χ0n) is 18.3. The van der Waals surface area contributed by atoms with Crippen LogP contribution in [0.1, 0.15) is 72.6 Å². The summed E-state index contributed by atoms with van der Waals surface area (Å²) in [6.07, 6.45) is 9.18. The standard InChI is InChI=1S/C23H42N2O2/c1-20(2,24-12-7-22(8-13-24)11-16-26-17-22)5-6-21(3,4)25-14-9-23(10-15-25)18-27-19-23/h5-19H2,1-4H3. The van der Waals surface area contributed by atoms with Gasteiger partial charge in [-0.3, -0.25) is 9.80 Å². The van der Waals surface area contributed by atoms with Crippen molar-refractivity contribution in [1.82, 2.24) is 9.80 Å². The summed E-state index contributed by atoms with van der Waals surface area (Å²) in [4.78, 5) is 5.53. The van der Waals surface area contributed by atoms with Crippen molar-refractivity contribution in [3.63, 3.8) is 0 Å². The van der Waals surface area contributed by atoms with Crippen LogP contribution in [0.3, 0.4) is 0 Å². The maximum atomic E-state index is 5.71. The first-order chi connectivity index (χ1) is 12.7. The van der Waals surface area contributed by atoms with Crippen molar-refractivity contribution >= 4 is 0 Å². The van der Waals surface area contributed by atoms with Crippen LogP contribution in [0.2, 0.25) is 0 Å². The fourth-order valence-corrected chi connectivity index (χ4v) is 5.82. The fraction of sp³-hybridized carbons (Fsp3) is 1.00. The van der Waals surface area contributed by atoms with Gasteiger partial charge in [0.1, 0.15) is 0 Å². The Morgan fingerprint density at radius 3 is 1.44 bits per heavy atom. The van der Waals surface area contributed by atoms with Crippen molar-refractivity contribution in [2.24, 2.45) is 10.8 Å². The summed E-state index contributed by atoms with van der Waals surface area (Å²) in [6.45, 7) is 18.9. The van der Waals surface area contributed by atoms with Gasteiger partial charge < -0.3 is 9.47 Å². The number of nitrogens with zero attached hydrogens (tertiary/aromatic N) is 2. The minimum Gasteiger partial charge on any atom is -0.381 e. The molecule has 4 aliphatic heterocycles. The molecule has 2 spiro atoms. The van der Waals surface area contributed by atoms with Crippen molar-refractivity contribution in [1.29, 1.82) is 0 Å². The van der Waals surface area contributed by atoms with Crippen LogP contribution >= 0.6 is 0 Å². The molecule has 0 N–H and O–H groups in total. The van der Waals surface area contributed by atoms with E-state index in [0.717, 1.165) is 26.4 Å². The van der Waals surface area contributed by atoms with E-state index >= 15 is 0 Å². The Labute approximate surface area is 166 Å². The zero-order chi connectivity index (χ0) is 19.2. The number of rotatable bonds is 5. The van der Waals surface area contributed by atoms with Crippen molar-refractivity contribution in [2.75, 3.05) is 52.6 Å². The van der Waals surface area contributed by atoms with Crippen molar-refractivity contribution < 1.29 is 9.47 Å². The molecule has 4 heteroatoms. The zero-order valence-corrected chi connectivity index (χ0v) is 18.3. The highest BCUT2D eigenvalue weighted by molar-refractivity contribution is 4.97. The topological polar surface area (TPSA) is 24.9 Å². The molecule has 4 saturated heterocycles. The summed E-state index contributed by atoms with van der Waals surface area (Å²) < 4.78 is 11.2. The molecule has 4 heterocycles. The van der Waals surface area contributed by atoms with E-state index in [4.69, 9.17) is 9.47 Å². The lowest BCUT2D eigenvalue weighted by molar-refractivity contribution is -0.147. The predicted molar refractivity (Wildman–Crippen MR) is 110 cm³/mol. The minimum atomic E-state index is 0.303. The normalized spacial score (nSPS) is 29.3. The van der Waals surface area contributed by atoms with Crippen LogP contribution in [0, 0.1) is 10.8 Å². The summed E-state index contributed by atoms with van der Waals surface area (Å²) in [5, 5.41) is 0. The van der Waals surface area contributed by atoms with Crippen LogP contribution in [0.5, 0.6) is 0 Å². The molecule has 27 heavy (non-hydrogen) atoms. The lowest BCUT2D eigenvalue weighted by Gasteiger charge is -2.52. The van der Waals surface area contributed by atoms with Gasteiger partial charge in [-0.2, -0.15) is 0 Å². The SMILES string of the molecule is CC(C)(CCC(C)(C)N1CCC2(CC1)COC2)N1CCC2(CCOC2)CC1. The second kappa shape index (κ2) is 7.27. The molecule has 4 rings (SSSR count). The van der Waals surface area contributed by atoms with Gasteiger partial charge >= 0.3 is 0 Å². The second-order valence-corrected chi connectivity index (χ2v) is 11.4. The Morgan fingerprint density at radius 1 is 0.630 bits per heavy atom. The molecule has 0 aromatic rings. The number of ether oxygens (including phenoxy) is 2. The van der Waals surface area contributed by atoms with Gasteiger partial charge in [0.2, 0.25) is 0 Å². The molecular formula is C23H42N2O2. The van der Waals surface area contributed by atoms with Gasteiger partial charge in [-0.15, -0.1) is 0 Å². The van der Waals surface area contributed by atoms with E-state index in [1.165, 1.54) is 71.1 Å². The molecule has 0 atom stereocenters. The van der Waals surface area contributed by atoms with E-state index < -0.39 is 0 Å². The molecule has 156 valence electrons. The lowest BCUT2D eigenvalue weighted by atomic mass is 9.75. The first-order valence-corrected chi connectivity index (χ1v) is 11.4. The Balaban J connectivity index is 1.26. The quantitative estimate of drug-likeness (QED) is 0.723. The van der Waals surface area contributed by atoms with Crippen molar-refractivity contribution in [3.8, 4) is 0 Å². The molecule has 4 nitrogen and oxygen atoms in total. The third kappa shape index (κ3) is 4.10. The van der Waals surface area contributed by atoms with Crippen LogP contribution in [-0.4, -0.2) is 73.5 Å². The number of hydrogen-bond donors (Lipinski definition) is 0. The first-order valence-electron chi connectivity index (χ1n) is 11.4. The van der Waals surface area contributed by atoms with Gasteiger partial charge in [0.15, 0.2) is 0 Å². The molecule has 0 bridgehead atoms. The van der Waals surface area contributed by atoms with Crippen molar-refractivity contribution in [2.45, 2.75) is 83.7 Å². The average Bonchev–Trinajstić information content (AvgIpc) is 3.07. The Bertz CT molecular complexity index is 500. The summed E-state index contributed by atoms with van der Waals surface area (Å²) in [7, 11) is 0. The summed E-state index contributed by atoms with van der Waals surface area (Å²) >= 11 is 0. The number of piperidine rings is 2. The van der Waals surface area contributed by atoms with E-state index in [0.29, 0.717) is 21.9 Å². The number of likely N-dealkylation sites (tertiary alicyclic amines) is 2. The predicted octanol–water partition coefficient (Wildman–Crippen LogP) is 3.94. The van der Waals surface area contributed by atoms with Gasteiger partial charge in [0, 0.05) is 23.1 Å². The van der Waals surface area contributed by atoms with Gasteiger partial charge in [-0.05, 0) is 104 Å². The molecule has 4 fully saturated rings. The summed E-state index contributed by atoms with van der Waals surface area (Å²) in [5.41, 5.74) is 1.66. The number of hydrogen-bond acceptors (Lipinski definition) is 4. The Morgan fingerprint density at radius 2 is 1.07 bits per heavy atom. The molecule has 0 unspecified atom stereocenters. The molecule has 0 saturated carbocycles. The second-order valence-electron chi connectivity index (χ2n) is 11.4. The highest BCUT2D eigenvalue weighted by atomic mass is 16.5. The Hall–Kier alpha value is -0.160. The van der Waals surface area contributed by atoms with E-state index in [1.807, 2.05) is 0 Å². The monoisotopic (exact) mass is 378 g/mol. The smallest absolute Gasteiger partial charge is 0.0545 e. The minimum absolute atomic E-state index is 0.303. The van der Waals surface area contributed by atoms with E-state index in [2.05, 4.69) is 37.5 Å². The van der Waals surface area contributed by atoms with Crippen LogP contribution in [-0.2, 0) is 9.47 Å². The fourth-order valence-electron chi connectivity index (χ4n) is 5.82. The van der Waals surface area contributed by atoms with Crippen LogP contribution in [0.25, 0.3) is 0 Å². The maximum Gasteiger partial charge on any atom is 0.0545 e. The first kappa shape index (κ1) is 20.1. The third-order valence-electron chi connectivity index (χ3n) is 8.71. The maximum absolute atomic E-state index is 5.71. The average molecular weight is 379 g/mol. The van der Waals surface area contributed by atoms with Crippen LogP contribution in [0.4, 0.5) is 0 Å². The van der Waals surface area contributed by atoms with Gasteiger partial charge in [0.25, 0.3) is 0 Å². The Kier molecular flexibility index (Phi) is 5.42. The van der Waals surface area contributed by atoms with Gasteiger partial charge in [0.05, 0.1) is 19.8 Å². The van der Waals surface area contributed by atoms with E-state index in [9.17, 15) is 0 Å². The summed E-state index contributed by atoms with van der Waals surface area (Å²) in [5.74, 6) is 0. The molecule has 0 amide bonds. The van der Waals surface area contributed by atoms with E-state index in [1.54, 1.807) is 0 Å². The lowest BCUT2D eigenvalue weighted by Crippen LogP contribution is -2.56. The van der Waals surface area contributed by atoms with Crippen LogP contribution < -0.4 is 0 Å². The van der Waals surface area contributed by atoms with Gasteiger partial charge in [-0.25, -0.2) is 0 Å². The van der Waals surface area contributed by atoms with E-state index in [-0.39, 0.29) is 0 Å². The molecule has 0 aliphatic carbocycles. The van der Waals surface area contributed by atoms with Crippen molar-refractivity contribution in [3.05, 3.63) is 0 Å². The van der Waals surface area contributed by atoms with Gasteiger partial charge in [-0.1, -0.05) is 0 Å².